The highest BCUT2D eigenvalue weighted by Crippen LogP contribution is 2.36. The number of piperidine rings is 1. The van der Waals surface area contributed by atoms with Crippen LogP contribution in [-0.2, 0) is 25.4 Å². The number of carbonyl (C=O) groups is 1. The van der Waals surface area contributed by atoms with Crippen molar-refractivity contribution in [3.05, 3.63) is 65.7 Å². The van der Waals surface area contributed by atoms with Gasteiger partial charge in [-0.1, -0.05) is 53.7 Å². The number of benzene rings is 2. The third-order valence-corrected chi connectivity index (χ3v) is 9.18. The lowest BCUT2D eigenvalue weighted by molar-refractivity contribution is -0.124. The van der Waals surface area contributed by atoms with E-state index >= 15 is 0 Å². The van der Waals surface area contributed by atoms with E-state index in [0.29, 0.717) is 51.2 Å². The van der Waals surface area contributed by atoms with E-state index in [0.717, 1.165) is 18.7 Å². The molecule has 3 heterocycles. The van der Waals surface area contributed by atoms with Crippen molar-refractivity contribution < 1.29 is 18.0 Å². The summed E-state index contributed by atoms with van der Waals surface area (Å²) in [6, 6.07) is 17.5. The largest absolute Gasteiger partial charge is 0.388 e. The Hall–Kier alpha value is -2.91. The maximum absolute atomic E-state index is 13.2. The maximum atomic E-state index is 13.2. The Balaban J connectivity index is 1.13. The van der Waals surface area contributed by atoms with Crippen molar-refractivity contribution in [2.45, 2.75) is 37.5 Å². The molecule has 2 aromatic carbocycles. The minimum absolute atomic E-state index is 0.00355. The summed E-state index contributed by atoms with van der Waals surface area (Å²) >= 11 is 0. The molecule has 0 N–H and O–H groups in total. The predicted octanol–water partition coefficient (Wildman–Crippen LogP) is 2.78. The highest BCUT2D eigenvalue weighted by atomic mass is 32.2. The quantitative estimate of drug-likeness (QED) is 0.636. The van der Waals surface area contributed by atoms with E-state index < -0.39 is 15.6 Å². The number of nitrogens with zero attached hydrogens (tertiary/aromatic N) is 4. The molecule has 3 aliphatic rings. The molecule has 0 aliphatic carbocycles. The van der Waals surface area contributed by atoms with Gasteiger partial charge < -0.3 is 14.6 Å². The average molecular weight is 497 g/mol. The molecule has 2 fully saturated rings. The van der Waals surface area contributed by atoms with Crippen LogP contribution in [0.4, 0.5) is 5.69 Å². The number of piperazine rings is 1. The van der Waals surface area contributed by atoms with Crippen LogP contribution in [0.1, 0.15) is 30.4 Å². The smallest absolute Gasteiger partial charge is 0.271 e. The van der Waals surface area contributed by atoms with Crippen LogP contribution >= 0.6 is 0 Å². The van der Waals surface area contributed by atoms with Crippen LogP contribution in [0.2, 0.25) is 0 Å². The molecular formula is C26H32N4O4S. The van der Waals surface area contributed by atoms with Gasteiger partial charge in [0.05, 0.1) is 5.75 Å². The molecular weight excluding hydrogens is 464 g/mol. The SMILES string of the molecule is Cc1ccccc1N1CCN(C(=O)C2=NOC3(CCN(S(=O)(=O)Cc4ccccc4)CC3)C2)CC1. The number of oxime groups is 1. The summed E-state index contributed by atoms with van der Waals surface area (Å²) in [7, 11) is -3.40. The topological polar surface area (TPSA) is 82.5 Å². The fraction of sp³-hybridized carbons (Fsp3) is 0.462. The van der Waals surface area contributed by atoms with Crippen LogP contribution in [0.5, 0.6) is 0 Å². The first-order chi connectivity index (χ1) is 16.9. The normalized spacial score (nSPS) is 20.5. The number of para-hydroxylation sites is 1. The monoisotopic (exact) mass is 496 g/mol. The standard InChI is InChI=1S/C26H32N4O4S/c1-21-7-5-6-10-24(21)28-15-17-29(18-16-28)25(31)23-19-26(34-27-23)11-13-30(14-12-26)35(32,33)20-22-8-3-2-4-9-22/h2-10H,11-20H2,1H3. The summed E-state index contributed by atoms with van der Waals surface area (Å²) in [5, 5.41) is 4.18. The van der Waals surface area contributed by atoms with E-state index in [1.807, 2.05) is 47.4 Å². The zero-order valence-corrected chi connectivity index (χ0v) is 20.9. The summed E-state index contributed by atoms with van der Waals surface area (Å²) in [6.07, 6.45) is 1.50. The molecule has 9 heteroatoms. The zero-order valence-electron chi connectivity index (χ0n) is 20.1. The van der Waals surface area contributed by atoms with Crippen LogP contribution in [0, 0.1) is 6.92 Å². The van der Waals surface area contributed by atoms with Crippen molar-refractivity contribution in [1.82, 2.24) is 9.21 Å². The third kappa shape index (κ3) is 5.06. The Morgan fingerprint density at radius 1 is 0.943 bits per heavy atom. The number of amides is 1. The summed E-state index contributed by atoms with van der Waals surface area (Å²) in [4.78, 5) is 23.1. The second kappa shape index (κ2) is 9.62. The van der Waals surface area contributed by atoms with E-state index in [4.69, 9.17) is 4.84 Å². The molecule has 2 aromatic rings. The molecule has 8 nitrogen and oxygen atoms in total. The van der Waals surface area contributed by atoms with Crippen molar-refractivity contribution in [1.29, 1.82) is 0 Å². The third-order valence-electron chi connectivity index (χ3n) is 7.33. The van der Waals surface area contributed by atoms with Gasteiger partial charge in [0.15, 0.2) is 0 Å². The first kappa shape index (κ1) is 23.8. The van der Waals surface area contributed by atoms with Crippen LogP contribution in [0.3, 0.4) is 0 Å². The van der Waals surface area contributed by atoms with Gasteiger partial charge in [0.1, 0.15) is 11.3 Å². The Morgan fingerprint density at radius 2 is 1.60 bits per heavy atom. The molecule has 35 heavy (non-hydrogen) atoms. The lowest BCUT2D eigenvalue weighted by Crippen LogP contribution is -2.51. The molecule has 0 atom stereocenters. The summed E-state index contributed by atoms with van der Waals surface area (Å²) in [6.45, 7) is 5.71. The van der Waals surface area contributed by atoms with Gasteiger partial charge in [-0.15, -0.1) is 0 Å². The number of rotatable bonds is 5. The maximum Gasteiger partial charge on any atom is 0.271 e. The average Bonchev–Trinajstić information content (AvgIpc) is 3.28. The van der Waals surface area contributed by atoms with Gasteiger partial charge in [-0.3, -0.25) is 4.79 Å². The molecule has 1 spiro atoms. The van der Waals surface area contributed by atoms with Crippen LogP contribution < -0.4 is 4.90 Å². The Morgan fingerprint density at radius 3 is 2.29 bits per heavy atom. The zero-order chi connectivity index (χ0) is 24.5. The number of anilines is 1. The van der Waals surface area contributed by atoms with E-state index in [2.05, 4.69) is 29.1 Å². The fourth-order valence-electron chi connectivity index (χ4n) is 5.20. The van der Waals surface area contributed by atoms with Gasteiger partial charge in [-0.05, 0) is 24.1 Å². The molecule has 5 rings (SSSR count). The molecule has 2 saturated heterocycles. The van der Waals surface area contributed by atoms with Gasteiger partial charge in [0.25, 0.3) is 5.91 Å². The van der Waals surface area contributed by atoms with Crippen molar-refractivity contribution in [2.75, 3.05) is 44.2 Å². The first-order valence-electron chi connectivity index (χ1n) is 12.2. The van der Waals surface area contributed by atoms with Gasteiger partial charge in [-0.25, -0.2) is 12.7 Å². The van der Waals surface area contributed by atoms with Gasteiger partial charge in [-0.2, -0.15) is 0 Å². The van der Waals surface area contributed by atoms with Gasteiger partial charge >= 0.3 is 0 Å². The van der Waals surface area contributed by atoms with Crippen LogP contribution in [0.15, 0.2) is 59.8 Å². The van der Waals surface area contributed by atoms with E-state index in [1.54, 1.807) is 4.31 Å². The van der Waals surface area contributed by atoms with Crippen molar-refractivity contribution in [3.63, 3.8) is 0 Å². The Labute approximate surface area is 207 Å². The van der Waals surface area contributed by atoms with Crippen molar-refractivity contribution >= 4 is 27.3 Å². The Kier molecular flexibility index (Phi) is 6.55. The Bertz CT molecular complexity index is 1200. The molecule has 0 aromatic heterocycles. The number of carbonyl (C=O) groups excluding carboxylic acids is 1. The molecule has 0 bridgehead atoms. The van der Waals surface area contributed by atoms with Crippen LogP contribution in [0.25, 0.3) is 0 Å². The molecule has 186 valence electrons. The molecule has 1 amide bonds. The van der Waals surface area contributed by atoms with Gasteiger partial charge in [0, 0.05) is 64.2 Å². The van der Waals surface area contributed by atoms with Crippen molar-refractivity contribution in [3.8, 4) is 0 Å². The highest BCUT2D eigenvalue weighted by molar-refractivity contribution is 7.88. The molecule has 0 radical (unpaired) electrons. The summed E-state index contributed by atoms with van der Waals surface area (Å²) in [5.74, 6) is -0.0680. The van der Waals surface area contributed by atoms with E-state index in [-0.39, 0.29) is 11.7 Å². The van der Waals surface area contributed by atoms with E-state index in [9.17, 15) is 13.2 Å². The van der Waals surface area contributed by atoms with Crippen molar-refractivity contribution in [2.24, 2.45) is 5.16 Å². The highest BCUT2D eigenvalue weighted by Gasteiger charge is 2.46. The molecule has 0 saturated carbocycles. The number of hydrogen-bond acceptors (Lipinski definition) is 6. The summed E-state index contributed by atoms with van der Waals surface area (Å²) < 4.78 is 27.3. The summed E-state index contributed by atoms with van der Waals surface area (Å²) in [5.41, 5.74) is 3.11. The second-order valence-corrected chi connectivity index (χ2v) is 11.7. The predicted molar refractivity (Wildman–Crippen MR) is 136 cm³/mol. The number of sulfonamides is 1. The minimum Gasteiger partial charge on any atom is -0.388 e. The molecule has 0 unspecified atom stereocenters. The minimum atomic E-state index is -3.40. The second-order valence-electron chi connectivity index (χ2n) is 9.70. The number of aryl methyl sites for hydroxylation is 1. The van der Waals surface area contributed by atoms with Crippen LogP contribution in [-0.4, -0.2) is 74.1 Å². The fourth-order valence-corrected chi connectivity index (χ4v) is 6.74. The first-order valence-corrected chi connectivity index (χ1v) is 13.8. The lowest BCUT2D eigenvalue weighted by atomic mass is 9.87. The molecule has 3 aliphatic heterocycles. The lowest BCUT2D eigenvalue weighted by Gasteiger charge is -2.37. The number of hydrogen-bond donors (Lipinski definition) is 0. The van der Waals surface area contributed by atoms with Gasteiger partial charge in [0.2, 0.25) is 10.0 Å². The van der Waals surface area contributed by atoms with E-state index in [1.165, 1.54) is 11.3 Å².